The summed E-state index contributed by atoms with van der Waals surface area (Å²) in [5.74, 6) is -2.01. The van der Waals surface area contributed by atoms with Crippen molar-refractivity contribution in [3.05, 3.63) is 77.9 Å². The van der Waals surface area contributed by atoms with E-state index in [1.807, 2.05) is 39.0 Å². The van der Waals surface area contributed by atoms with E-state index in [0.717, 1.165) is 27.6 Å². The number of nitrogens with one attached hydrogen (secondary N) is 3. The lowest BCUT2D eigenvalue weighted by Gasteiger charge is -2.18. The van der Waals surface area contributed by atoms with E-state index in [1.165, 1.54) is 12.1 Å². The number of carbonyl (C=O) groups excluding carboxylic acids is 1. The van der Waals surface area contributed by atoms with Crippen LogP contribution in [0.25, 0.3) is 22.1 Å². The SMILES string of the molecule is Cc1c(NC(=O)Nc2ccc(-c3ccc(S(=O)(=O)N[C@H](C(=O)O)C(C)C)cc3)cc2)oc2cccc(C3COC(C)(C)O3)c12. The number of aliphatic carboxylic acids is 1. The number of furan rings is 1. The van der Waals surface area contributed by atoms with Gasteiger partial charge in [0, 0.05) is 16.6 Å². The fourth-order valence-electron chi connectivity index (χ4n) is 5.11. The van der Waals surface area contributed by atoms with E-state index in [0.29, 0.717) is 23.8 Å². The highest BCUT2D eigenvalue weighted by molar-refractivity contribution is 7.89. The van der Waals surface area contributed by atoms with Crippen LogP contribution >= 0.6 is 0 Å². The summed E-state index contributed by atoms with van der Waals surface area (Å²) in [5, 5.41) is 15.8. The predicted molar refractivity (Wildman–Crippen MR) is 166 cm³/mol. The Morgan fingerprint density at radius 2 is 1.59 bits per heavy atom. The molecule has 1 aromatic heterocycles. The van der Waals surface area contributed by atoms with Crippen molar-refractivity contribution in [2.45, 2.75) is 57.4 Å². The number of urea groups is 1. The molecule has 0 aliphatic carbocycles. The third kappa shape index (κ3) is 6.63. The molecule has 1 unspecified atom stereocenters. The second kappa shape index (κ2) is 12.0. The number of hydrogen-bond acceptors (Lipinski definition) is 7. The number of aryl methyl sites for hydroxylation is 1. The molecule has 12 heteroatoms. The Morgan fingerprint density at radius 1 is 0.955 bits per heavy atom. The smallest absolute Gasteiger partial charge is 0.326 e. The Bertz CT molecular complexity index is 1800. The molecule has 4 N–H and O–H groups in total. The van der Waals surface area contributed by atoms with E-state index < -0.39 is 39.8 Å². The van der Waals surface area contributed by atoms with Crippen LogP contribution in [0.1, 0.15) is 44.9 Å². The van der Waals surface area contributed by atoms with Crippen molar-refractivity contribution in [3.8, 4) is 11.1 Å². The van der Waals surface area contributed by atoms with Gasteiger partial charge in [-0.05, 0) is 73.7 Å². The highest BCUT2D eigenvalue weighted by Crippen LogP contribution is 2.40. The van der Waals surface area contributed by atoms with Crippen LogP contribution in [0.3, 0.4) is 0 Å². The minimum atomic E-state index is -4.02. The molecule has 1 aliphatic heterocycles. The third-order valence-corrected chi connectivity index (χ3v) is 8.88. The highest BCUT2D eigenvalue weighted by atomic mass is 32.2. The second-order valence-corrected chi connectivity index (χ2v) is 13.2. The monoisotopic (exact) mass is 621 g/mol. The number of carboxylic acid groups (broad SMARTS) is 1. The summed E-state index contributed by atoms with van der Waals surface area (Å²) in [5.41, 5.74) is 4.41. The van der Waals surface area contributed by atoms with Crippen LogP contribution in [0, 0.1) is 12.8 Å². The van der Waals surface area contributed by atoms with E-state index in [-0.39, 0.29) is 11.0 Å². The van der Waals surface area contributed by atoms with Gasteiger partial charge in [-0.3, -0.25) is 10.1 Å². The molecule has 2 atom stereocenters. The summed E-state index contributed by atoms with van der Waals surface area (Å²) in [6.07, 6.45) is -0.253. The standard InChI is InChI=1S/C32H35N3O8S/c1-18(2)28(30(36)37)35-44(39,40)23-15-11-21(12-16-23)20-9-13-22(14-10-20)33-31(38)34-29-19(3)27-24(7-6-8-25(27)42-29)26-17-41-32(4,5)43-26/h6-16,18,26,28,35H,17H2,1-5H3,(H,36,37)(H2,33,34,38)/t26?,28-/m0/s1. The average molecular weight is 622 g/mol. The summed E-state index contributed by atoms with van der Waals surface area (Å²) in [4.78, 5) is 24.3. The minimum absolute atomic E-state index is 0.0379. The second-order valence-electron chi connectivity index (χ2n) is 11.5. The van der Waals surface area contributed by atoms with Gasteiger partial charge < -0.3 is 24.3 Å². The number of sulfonamides is 1. The van der Waals surface area contributed by atoms with E-state index in [1.54, 1.807) is 50.2 Å². The largest absolute Gasteiger partial charge is 0.480 e. The van der Waals surface area contributed by atoms with Crippen molar-refractivity contribution < 1.29 is 37.0 Å². The molecule has 0 bridgehead atoms. The van der Waals surface area contributed by atoms with Crippen molar-refractivity contribution in [2.75, 3.05) is 17.2 Å². The predicted octanol–water partition coefficient (Wildman–Crippen LogP) is 6.26. The topological polar surface area (TPSA) is 156 Å². The lowest BCUT2D eigenvalue weighted by atomic mass is 10.0. The van der Waals surface area contributed by atoms with Crippen LogP contribution in [-0.4, -0.2) is 44.0 Å². The highest BCUT2D eigenvalue weighted by Gasteiger charge is 2.35. The van der Waals surface area contributed by atoms with Gasteiger partial charge >= 0.3 is 12.0 Å². The molecule has 5 rings (SSSR count). The first-order chi connectivity index (χ1) is 20.7. The first-order valence-electron chi connectivity index (χ1n) is 14.1. The van der Waals surface area contributed by atoms with Gasteiger partial charge in [0.1, 0.15) is 17.7 Å². The Hall–Kier alpha value is -4.23. The molecule has 0 spiro atoms. The molecular formula is C32H35N3O8S. The maximum absolute atomic E-state index is 12.9. The van der Waals surface area contributed by atoms with Crippen molar-refractivity contribution in [2.24, 2.45) is 5.92 Å². The zero-order valence-electron chi connectivity index (χ0n) is 25.0. The van der Waals surface area contributed by atoms with Crippen LogP contribution in [0.2, 0.25) is 0 Å². The van der Waals surface area contributed by atoms with Crippen molar-refractivity contribution >= 4 is 44.6 Å². The maximum atomic E-state index is 12.9. The lowest BCUT2D eigenvalue weighted by molar-refractivity contribution is -0.140. The van der Waals surface area contributed by atoms with Gasteiger partial charge in [0.15, 0.2) is 5.79 Å². The summed E-state index contributed by atoms with van der Waals surface area (Å²) < 4.78 is 45.4. The van der Waals surface area contributed by atoms with Gasteiger partial charge in [0.25, 0.3) is 0 Å². The van der Waals surface area contributed by atoms with E-state index in [9.17, 15) is 23.1 Å². The van der Waals surface area contributed by atoms with Crippen LogP contribution in [0.5, 0.6) is 0 Å². The van der Waals surface area contributed by atoms with Gasteiger partial charge in [-0.1, -0.05) is 50.2 Å². The first kappa shape index (κ1) is 31.2. The molecule has 232 valence electrons. The van der Waals surface area contributed by atoms with E-state index >= 15 is 0 Å². The van der Waals surface area contributed by atoms with Crippen molar-refractivity contribution in [1.29, 1.82) is 0 Å². The number of amides is 2. The summed E-state index contributed by atoms with van der Waals surface area (Å²) in [7, 11) is -4.02. The molecule has 0 saturated carbocycles. The maximum Gasteiger partial charge on any atom is 0.326 e. The van der Waals surface area contributed by atoms with Crippen LogP contribution < -0.4 is 15.4 Å². The molecular weight excluding hydrogens is 586 g/mol. The van der Waals surface area contributed by atoms with Gasteiger partial charge in [-0.15, -0.1) is 0 Å². The number of hydrogen-bond donors (Lipinski definition) is 4. The molecule has 4 aromatic rings. The molecule has 44 heavy (non-hydrogen) atoms. The van der Waals surface area contributed by atoms with Gasteiger partial charge in [-0.2, -0.15) is 4.72 Å². The number of carboxylic acids is 1. The molecule has 11 nitrogen and oxygen atoms in total. The lowest BCUT2D eigenvalue weighted by Crippen LogP contribution is -2.44. The number of carbonyl (C=O) groups is 2. The minimum Gasteiger partial charge on any atom is -0.480 e. The normalized spacial score (nSPS) is 17.1. The fourth-order valence-corrected chi connectivity index (χ4v) is 6.44. The number of benzene rings is 3. The number of anilines is 2. The molecule has 0 radical (unpaired) electrons. The summed E-state index contributed by atoms with van der Waals surface area (Å²) in [6.45, 7) is 9.29. The van der Waals surface area contributed by atoms with Crippen LogP contribution in [-0.2, 0) is 24.3 Å². The van der Waals surface area contributed by atoms with E-state index in [4.69, 9.17) is 13.9 Å². The Labute approximate surface area is 255 Å². The first-order valence-corrected chi connectivity index (χ1v) is 15.6. The van der Waals surface area contributed by atoms with Gasteiger partial charge in [-0.25, -0.2) is 13.2 Å². The fraction of sp³-hybridized carbons (Fsp3) is 0.312. The third-order valence-electron chi connectivity index (χ3n) is 7.42. The number of ether oxygens (including phenoxy) is 2. The van der Waals surface area contributed by atoms with Crippen molar-refractivity contribution in [1.82, 2.24) is 4.72 Å². The Morgan fingerprint density at radius 3 is 2.16 bits per heavy atom. The van der Waals surface area contributed by atoms with E-state index in [2.05, 4.69) is 15.4 Å². The van der Waals surface area contributed by atoms with Crippen molar-refractivity contribution in [3.63, 3.8) is 0 Å². The summed E-state index contributed by atoms with van der Waals surface area (Å²) >= 11 is 0. The zero-order valence-corrected chi connectivity index (χ0v) is 25.8. The van der Waals surface area contributed by atoms with Crippen LogP contribution in [0.15, 0.2) is 76.0 Å². The molecule has 1 aliphatic rings. The zero-order chi connectivity index (χ0) is 31.8. The Kier molecular flexibility index (Phi) is 8.54. The summed E-state index contributed by atoms with van der Waals surface area (Å²) in [6, 6.07) is 17.1. The Balaban J connectivity index is 1.25. The van der Waals surface area contributed by atoms with Gasteiger partial charge in [0.2, 0.25) is 15.9 Å². The van der Waals surface area contributed by atoms with Crippen LogP contribution in [0.4, 0.5) is 16.4 Å². The molecule has 3 aromatic carbocycles. The average Bonchev–Trinajstić information content (AvgIpc) is 3.50. The number of fused-ring (bicyclic) bond motifs is 1. The molecule has 2 amide bonds. The molecule has 1 fully saturated rings. The molecule has 1 saturated heterocycles. The molecule has 2 heterocycles. The quantitative estimate of drug-likeness (QED) is 0.171. The number of rotatable bonds is 9. The van der Waals surface area contributed by atoms with Gasteiger partial charge in [0.05, 0.1) is 11.5 Å².